The van der Waals surface area contributed by atoms with E-state index in [2.05, 4.69) is 25.6 Å². The standard InChI is InChI=1S/C12H15N7O/c1-8(7-18-5-3-4-13-18)14-10-6-11-16-17-12(20)19(11)9(2)15-10/h3-6,8,14H,7H2,1-2H3,(H,17,20). The zero-order valence-electron chi connectivity index (χ0n) is 11.2. The summed E-state index contributed by atoms with van der Waals surface area (Å²) in [5.41, 5.74) is 0.275. The largest absolute Gasteiger partial charge is 0.366 e. The molecule has 1 atom stereocenters. The third kappa shape index (κ3) is 2.27. The van der Waals surface area contributed by atoms with Gasteiger partial charge in [-0.2, -0.15) is 10.2 Å². The van der Waals surface area contributed by atoms with Crippen molar-refractivity contribution in [2.45, 2.75) is 26.4 Å². The molecule has 0 aromatic carbocycles. The SMILES string of the molecule is Cc1nc(NC(C)Cn2cccn2)cc2n[nH]c(=O)n12. The molecule has 20 heavy (non-hydrogen) atoms. The second-order valence-electron chi connectivity index (χ2n) is 4.68. The molecule has 0 spiro atoms. The maximum Gasteiger partial charge on any atom is 0.349 e. The first-order valence-corrected chi connectivity index (χ1v) is 6.32. The van der Waals surface area contributed by atoms with E-state index < -0.39 is 0 Å². The minimum atomic E-state index is -0.277. The molecular formula is C12H15N7O. The fourth-order valence-corrected chi connectivity index (χ4v) is 2.16. The summed E-state index contributed by atoms with van der Waals surface area (Å²) in [6.07, 6.45) is 3.66. The van der Waals surface area contributed by atoms with Crippen LogP contribution < -0.4 is 11.0 Å². The molecule has 3 aromatic heterocycles. The number of aromatic nitrogens is 6. The maximum atomic E-state index is 11.5. The molecule has 0 fully saturated rings. The van der Waals surface area contributed by atoms with Crippen LogP contribution in [0.15, 0.2) is 29.3 Å². The Morgan fingerprint density at radius 2 is 2.35 bits per heavy atom. The molecule has 2 N–H and O–H groups in total. The van der Waals surface area contributed by atoms with Gasteiger partial charge in [-0.25, -0.2) is 19.3 Å². The topological polar surface area (TPSA) is 92.9 Å². The molecule has 0 aliphatic carbocycles. The molecule has 3 heterocycles. The molecule has 8 heteroatoms. The predicted octanol–water partition coefficient (Wildman–Crippen LogP) is 0.423. The molecule has 0 bridgehead atoms. The van der Waals surface area contributed by atoms with Crippen molar-refractivity contribution < 1.29 is 0 Å². The first-order chi connectivity index (χ1) is 9.63. The Morgan fingerprint density at radius 1 is 1.50 bits per heavy atom. The molecule has 0 saturated carbocycles. The number of rotatable bonds is 4. The summed E-state index contributed by atoms with van der Waals surface area (Å²) in [5.74, 6) is 1.28. The van der Waals surface area contributed by atoms with E-state index in [1.54, 1.807) is 19.2 Å². The highest BCUT2D eigenvalue weighted by molar-refractivity contribution is 5.49. The zero-order chi connectivity index (χ0) is 14.1. The van der Waals surface area contributed by atoms with Gasteiger partial charge in [0.25, 0.3) is 0 Å². The van der Waals surface area contributed by atoms with Crippen LogP contribution in [0.2, 0.25) is 0 Å². The van der Waals surface area contributed by atoms with E-state index in [0.29, 0.717) is 17.3 Å². The number of aromatic amines is 1. The number of aryl methyl sites for hydroxylation is 1. The van der Waals surface area contributed by atoms with Gasteiger partial charge in [0.05, 0.1) is 6.54 Å². The fraction of sp³-hybridized carbons (Fsp3) is 0.333. The number of nitrogens with zero attached hydrogens (tertiary/aromatic N) is 5. The van der Waals surface area contributed by atoms with Gasteiger partial charge in [0.15, 0.2) is 5.65 Å². The molecule has 3 rings (SSSR count). The average Bonchev–Trinajstić information content (AvgIpc) is 2.99. The lowest BCUT2D eigenvalue weighted by Crippen LogP contribution is -2.23. The smallest absolute Gasteiger partial charge is 0.349 e. The van der Waals surface area contributed by atoms with Crippen molar-refractivity contribution in [1.29, 1.82) is 0 Å². The maximum absolute atomic E-state index is 11.5. The molecule has 1 unspecified atom stereocenters. The number of fused-ring (bicyclic) bond motifs is 1. The minimum Gasteiger partial charge on any atom is -0.366 e. The van der Waals surface area contributed by atoms with Gasteiger partial charge in [0.2, 0.25) is 0 Å². The molecule has 0 aliphatic rings. The second kappa shape index (κ2) is 4.80. The Balaban J connectivity index is 1.82. The highest BCUT2D eigenvalue weighted by Crippen LogP contribution is 2.09. The minimum absolute atomic E-state index is 0.148. The van der Waals surface area contributed by atoms with Crippen LogP contribution in [-0.4, -0.2) is 35.4 Å². The Hall–Kier alpha value is -2.64. The summed E-state index contributed by atoms with van der Waals surface area (Å²) >= 11 is 0. The van der Waals surface area contributed by atoms with Gasteiger partial charge in [-0.15, -0.1) is 0 Å². The summed E-state index contributed by atoms with van der Waals surface area (Å²) in [4.78, 5) is 15.9. The number of hydrogen-bond donors (Lipinski definition) is 2. The van der Waals surface area contributed by atoms with Gasteiger partial charge in [-0.05, 0) is 19.9 Å². The number of H-pyrrole nitrogens is 1. The van der Waals surface area contributed by atoms with Crippen molar-refractivity contribution in [2.24, 2.45) is 0 Å². The Morgan fingerprint density at radius 3 is 3.10 bits per heavy atom. The summed E-state index contributed by atoms with van der Waals surface area (Å²) in [6.45, 7) is 4.54. The predicted molar refractivity (Wildman–Crippen MR) is 73.7 cm³/mol. The number of anilines is 1. The number of hydrogen-bond acceptors (Lipinski definition) is 5. The highest BCUT2D eigenvalue weighted by atomic mass is 16.1. The molecule has 3 aromatic rings. The molecular weight excluding hydrogens is 258 g/mol. The van der Waals surface area contributed by atoms with Gasteiger partial charge < -0.3 is 5.32 Å². The van der Waals surface area contributed by atoms with Crippen molar-refractivity contribution in [1.82, 2.24) is 29.4 Å². The van der Waals surface area contributed by atoms with Crippen LogP contribution in [0.4, 0.5) is 5.82 Å². The van der Waals surface area contributed by atoms with Crippen molar-refractivity contribution in [3.05, 3.63) is 40.8 Å². The van der Waals surface area contributed by atoms with Gasteiger partial charge in [0.1, 0.15) is 11.6 Å². The fourth-order valence-electron chi connectivity index (χ4n) is 2.16. The van der Waals surface area contributed by atoms with E-state index >= 15 is 0 Å². The van der Waals surface area contributed by atoms with Crippen LogP contribution in [0.5, 0.6) is 0 Å². The lowest BCUT2D eigenvalue weighted by molar-refractivity contribution is 0.559. The van der Waals surface area contributed by atoms with Crippen molar-refractivity contribution in [3.8, 4) is 0 Å². The zero-order valence-corrected chi connectivity index (χ0v) is 11.2. The van der Waals surface area contributed by atoms with E-state index in [-0.39, 0.29) is 11.7 Å². The second-order valence-corrected chi connectivity index (χ2v) is 4.68. The Bertz CT molecular complexity index is 771. The van der Waals surface area contributed by atoms with Crippen molar-refractivity contribution in [3.63, 3.8) is 0 Å². The van der Waals surface area contributed by atoms with Crippen LogP contribution in [0, 0.1) is 6.92 Å². The lowest BCUT2D eigenvalue weighted by Gasteiger charge is -2.15. The van der Waals surface area contributed by atoms with Gasteiger partial charge in [-0.3, -0.25) is 4.68 Å². The van der Waals surface area contributed by atoms with E-state index in [0.717, 1.165) is 6.54 Å². The monoisotopic (exact) mass is 273 g/mol. The molecule has 8 nitrogen and oxygen atoms in total. The van der Waals surface area contributed by atoms with E-state index in [4.69, 9.17) is 0 Å². The highest BCUT2D eigenvalue weighted by Gasteiger charge is 2.09. The summed E-state index contributed by atoms with van der Waals surface area (Å²) in [5, 5.41) is 13.8. The quantitative estimate of drug-likeness (QED) is 0.718. The summed E-state index contributed by atoms with van der Waals surface area (Å²) < 4.78 is 3.28. The molecule has 104 valence electrons. The van der Waals surface area contributed by atoms with E-state index in [1.165, 1.54) is 4.40 Å². The van der Waals surface area contributed by atoms with Crippen LogP contribution >= 0.6 is 0 Å². The summed E-state index contributed by atoms with van der Waals surface area (Å²) in [6, 6.07) is 3.77. The van der Waals surface area contributed by atoms with Gasteiger partial charge in [-0.1, -0.05) is 0 Å². The average molecular weight is 273 g/mol. The third-order valence-electron chi connectivity index (χ3n) is 2.98. The lowest BCUT2D eigenvalue weighted by atomic mass is 10.3. The molecule has 0 saturated heterocycles. The van der Waals surface area contributed by atoms with Gasteiger partial charge >= 0.3 is 5.69 Å². The van der Waals surface area contributed by atoms with Crippen LogP contribution in [-0.2, 0) is 6.54 Å². The number of nitrogens with one attached hydrogen (secondary N) is 2. The van der Waals surface area contributed by atoms with E-state index in [1.807, 2.05) is 23.9 Å². The third-order valence-corrected chi connectivity index (χ3v) is 2.98. The van der Waals surface area contributed by atoms with Crippen LogP contribution in [0.3, 0.4) is 0 Å². The van der Waals surface area contributed by atoms with E-state index in [9.17, 15) is 4.79 Å². The Kier molecular flexibility index (Phi) is 2.97. The van der Waals surface area contributed by atoms with Crippen LogP contribution in [0.25, 0.3) is 5.65 Å². The first-order valence-electron chi connectivity index (χ1n) is 6.32. The molecule has 0 amide bonds. The van der Waals surface area contributed by atoms with Crippen LogP contribution in [0.1, 0.15) is 12.7 Å². The summed E-state index contributed by atoms with van der Waals surface area (Å²) in [7, 11) is 0. The Labute approximate surface area is 114 Å². The molecule has 0 aliphatic heterocycles. The normalized spacial score (nSPS) is 12.7. The van der Waals surface area contributed by atoms with Gasteiger partial charge in [0, 0.05) is 24.5 Å². The molecule has 0 radical (unpaired) electrons. The first kappa shape index (κ1) is 12.4. The van der Waals surface area contributed by atoms with Crippen molar-refractivity contribution >= 4 is 11.5 Å². The van der Waals surface area contributed by atoms with Crippen molar-refractivity contribution in [2.75, 3.05) is 5.32 Å².